The van der Waals surface area contributed by atoms with Gasteiger partial charge in [-0.15, -0.1) is 0 Å². The first kappa shape index (κ1) is 31.0. The predicted octanol–water partition coefficient (Wildman–Crippen LogP) is 4.01. The van der Waals surface area contributed by atoms with Crippen LogP contribution in [0, 0.1) is 0 Å². The summed E-state index contributed by atoms with van der Waals surface area (Å²) in [6.45, 7) is 5.74. The smallest absolute Gasteiger partial charge is 0.407 e. The Kier molecular flexibility index (Phi) is 9.49. The number of hydrogen-bond donors (Lipinski definition) is 4. The van der Waals surface area contributed by atoms with Gasteiger partial charge in [0.2, 0.25) is 5.91 Å². The predicted molar refractivity (Wildman–Crippen MR) is 167 cm³/mol. The largest absolute Gasteiger partial charge is 0.444 e. The Bertz CT molecular complexity index is 1500. The summed E-state index contributed by atoms with van der Waals surface area (Å²) < 4.78 is 10.7. The molecule has 0 unspecified atom stereocenters. The molecule has 5 rings (SSSR count). The van der Waals surface area contributed by atoms with Gasteiger partial charge in [-0.1, -0.05) is 60.7 Å². The van der Waals surface area contributed by atoms with E-state index in [2.05, 4.69) is 33.4 Å². The zero-order valence-electron chi connectivity index (χ0n) is 25.4. The number of unbranched alkanes of at least 4 members (excludes halogenated alkanes) is 1. The van der Waals surface area contributed by atoms with Crippen molar-refractivity contribution in [3.63, 3.8) is 0 Å². The van der Waals surface area contributed by atoms with E-state index in [1.165, 1.54) is 11.1 Å². The number of benzene rings is 3. The van der Waals surface area contributed by atoms with Gasteiger partial charge in [0.05, 0.1) is 0 Å². The van der Waals surface area contributed by atoms with Crippen molar-refractivity contribution in [2.24, 2.45) is 0 Å². The molecule has 44 heavy (non-hydrogen) atoms. The molecule has 1 fully saturated rings. The van der Waals surface area contributed by atoms with Gasteiger partial charge in [-0.3, -0.25) is 14.4 Å². The number of hydrogen-bond acceptors (Lipinski definition) is 6. The molecule has 3 aromatic rings. The minimum Gasteiger partial charge on any atom is -0.444 e. The fourth-order valence-corrected chi connectivity index (χ4v) is 5.51. The maximum atomic E-state index is 13.5. The molecule has 4 amide bonds. The number of alkyl carbamates (subject to hydrolysis) is 1. The number of epoxide rings is 1. The monoisotopic (exact) mass is 600 g/mol. The number of nitrogens with one attached hydrogen (secondary N) is 4. The van der Waals surface area contributed by atoms with E-state index < -0.39 is 35.9 Å². The summed E-state index contributed by atoms with van der Waals surface area (Å²) in [5, 5.41) is 13.3. The Hall–Kier alpha value is -4.44. The van der Waals surface area contributed by atoms with Crippen LogP contribution in [0.5, 0.6) is 0 Å². The minimum absolute atomic E-state index is 0.0404. The fraction of sp³-hybridized carbons (Fsp3) is 0.412. The second kappa shape index (κ2) is 13.5. The quantitative estimate of drug-likeness (QED) is 0.194. The molecule has 0 aromatic heterocycles. The molecule has 1 aliphatic heterocycles. The molecule has 232 valence electrons. The topological polar surface area (TPSA) is 138 Å². The lowest BCUT2D eigenvalue weighted by Gasteiger charge is -2.20. The van der Waals surface area contributed by atoms with Gasteiger partial charge in [-0.2, -0.15) is 0 Å². The lowest BCUT2D eigenvalue weighted by atomic mass is 10.1. The average molecular weight is 601 g/mol. The number of ether oxygens (including phenoxy) is 2. The number of carbonyl (C=O) groups is 4. The van der Waals surface area contributed by atoms with Crippen LogP contribution in [0.4, 0.5) is 10.5 Å². The van der Waals surface area contributed by atoms with Crippen molar-refractivity contribution >= 4 is 40.3 Å². The van der Waals surface area contributed by atoms with Crippen molar-refractivity contribution in [3.8, 4) is 0 Å². The lowest BCUT2D eigenvalue weighted by Crippen LogP contribution is -2.47. The highest BCUT2D eigenvalue weighted by Crippen LogP contribution is 2.27. The van der Waals surface area contributed by atoms with E-state index in [1.54, 1.807) is 20.8 Å². The molecule has 10 heteroatoms. The summed E-state index contributed by atoms with van der Waals surface area (Å²) in [6.07, 6.45) is 0.563. The van der Waals surface area contributed by atoms with Crippen LogP contribution in [-0.2, 0) is 36.7 Å². The molecule has 3 atom stereocenters. The first-order valence-corrected chi connectivity index (χ1v) is 15.2. The van der Waals surface area contributed by atoms with Crippen LogP contribution in [0.25, 0.3) is 10.8 Å². The summed E-state index contributed by atoms with van der Waals surface area (Å²) in [7, 11) is 0. The number of amides is 4. The third-order valence-electron chi connectivity index (χ3n) is 7.67. The molecule has 1 saturated heterocycles. The Labute approximate surface area is 257 Å². The van der Waals surface area contributed by atoms with Crippen LogP contribution in [0.3, 0.4) is 0 Å². The summed E-state index contributed by atoms with van der Waals surface area (Å²) in [5.74, 6) is -1.21. The maximum Gasteiger partial charge on any atom is 0.407 e. The number of fused-ring (bicyclic) bond motifs is 2. The van der Waals surface area contributed by atoms with Crippen molar-refractivity contribution in [3.05, 3.63) is 77.9 Å². The van der Waals surface area contributed by atoms with E-state index in [0.29, 0.717) is 31.5 Å². The van der Waals surface area contributed by atoms with Crippen molar-refractivity contribution in [2.75, 3.05) is 11.9 Å². The van der Waals surface area contributed by atoms with Crippen molar-refractivity contribution in [1.29, 1.82) is 0 Å². The van der Waals surface area contributed by atoms with Crippen LogP contribution in [-0.4, -0.2) is 60.3 Å². The standard InChI is InChI=1S/C34H40N4O6/c1-34(2,3)44-33(42)35-18-9-8-16-27(30(39)37-26-17-10-14-21-11-6-7-15-25(21)26)38-32(41)29-28(43-29)31(40)36-24-19-22-12-4-5-13-23(22)20-24/h4-7,10-15,17,24,27-29H,8-9,16,18-20H2,1-3H3,(H,35,42)(H,36,40)(H,37,39)(H,38,41)/t27-,28-,29-/m0/s1. The number of rotatable bonds is 11. The molecule has 2 aliphatic rings. The van der Waals surface area contributed by atoms with E-state index in [1.807, 2.05) is 54.6 Å². The van der Waals surface area contributed by atoms with Crippen molar-refractivity contribution in [2.45, 2.75) is 82.8 Å². The van der Waals surface area contributed by atoms with Crippen LogP contribution in [0.15, 0.2) is 66.7 Å². The molecular formula is C34H40N4O6. The Balaban J connectivity index is 1.16. The van der Waals surface area contributed by atoms with Crippen molar-refractivity contribution in [1.82, 2.24) is 16.0 Å². The summed E-state index contributed by atoms with van der Waals surface area (Å²) in [4.78, 5) is 51.4. The second-order valence-corrected chi connectivity index (χ2v) is 12.4. The van der Waals surface area contributed by atoms with Gasteiger partial charge in [0.15, 0.2) is 12.2 Å². The number of anilines is 1. The first-order chi connectivity index (χ1) is 21.1. The molecular weight excluding hydrogens is 560 g/mol. The highest BCUT2D eigenvalue weighted by Gasteiger charge is 2.51. The second-order valence-electron chi connectivity index (χ2n) is 12.4. The van der Waals surface area contributed by atoms with Crippen LogP contribution < -0.4 is 21.3 Å². The van der Waals surface area contributed by atoms with Gasteiger partial charge in [-0.25, -0.2) is 4.79 Å². The molecule has 0 radical (unpaired) electrons. The van der Waals surface area contributed by atoms with E-state index in [4.69, 9.17) is 9.47 Å². The summed E-state index contributed by atoms with van der Waals surface area (Å²) in [5.41, 5.74) is 2.47. The first-order valence-electron chi connectivity index (χ1n) is 15.2. The third-order valence-corrected chi connectivity index (χ3v) is 7.67. The molecule has 0 spiro atoms. The van der Waals surface area contributed by atoms with Gasteiger partial charge in [0.1, 0.15) is 11.6 Å². The summed E-state index contributed by atoms with van der Waals surface area (Å²) in [6, 6.07) is 20.5. The SMILES string of the molecule is CC(C)(C)OC(=O)NCCCC[C@H](NC(=O)[C@H]1O[C@@H]1C(=O)NC1Cc2ccccc2C1)C(=O)Nc1cccc2ccccc12. The molecule has 0 bridgehead atoms. The van der Waals surface area contributed by atoms with Gasteiger partial charge < -0.3 is 30.7 Å². The van der Waals surface area contributed by atoms with Gasteiger partial charge in [0.25, 0.3) is 11.8 Å². The molecule has 10 nitrogen and oxygen atoms in total. The van der Waals surface area contributed by atoms with Crippen LogP contribution >= 0.6 is 0 Å². The maximum absolute atomic E-state index is 13.5. The normalized spacial score (nSPS) is 18.2. The zero-order valence-corrected chi connectivity index (χ0v) is 25.4. The Morgan fingerprint density at radius 2 is 1.52 bits per heavy atom. The van der Waals surface area contributed by atoms with Gasteiger partial charge in [-0.05, 0) is 75.5 Å². The van der Waals surface area contributed by atoms with E-state index in [-0.39, 0.29) is 17.9 Å². The van der Waals surface area contributed by atoms with E-state index in [0.717, 1.165) is 23.6 Å². The summed E-state index contributed by atoms with van der Waals surface area (Å²) >= 11 is 0. The molecule has 1 heterocycles. The zero-order chi connectivity index (χ0) is 31.3. The molecule has 3 aromatic carbocycles. The molecule has 1 aliphatic carbocycles. The fourth-order valence-electron chi connectivity index (χ4n) is 5.51. The van der Waals surface area contributed by atoms with Gasteiger partial charge >= 0.3 is 6.09 Å². The third kappa shape index (κ3) is 8.13. The van der Waals surface area contributed by atoms with E-state index >= 15 is 0 Å². The Morgan fingerprint density at radius 3 is 2.25 bits per heavy atom. The van der Waals surface area contributed by atoms with Crippen molar-refractivity contribution < 1.29 is 28.7 Å². The van der Waals surface area contributed by atoms with Crippen LogP contribution in [0.1, 0.15) is 51.2 Å². The average Bonchev–Trinajstić information content (AvgIpc) is 3.69. The lowest BCUT2D eigenvalue weighted by molar-refractivity contribution is -0.127. The Morgan fingerprint density at radius 1 is 0.864 bits per heavy atom. The van der Waals surface area contributed by atoms with Crippen LogP contribution in [0.2, 0.25) is 0 Å². The van der Waals surface area contributed by atoms with E-state index in [9.17, 15) is 19.2 Å². The number of carbonyl (C=O) groups excluding carboxylic acids is 4. The highest BCUT2D eigenvalue weighted by atomic mass is 16.6. The minimum atomic E-state index is -0.958. The molecule has 4 N–H and O–H groups in total. The highest BCUT2D eigenvalue weighted by molar-refractivity contribution is 6.05. The molecule has 0 saturated carbocycles. The van der Waals surface area contributed by atoms with Gasteiger partial charge in [0, 0.05) is 23.7 Å².